The predicted molar refractivity (Wildman–Crippen MR) is 90.0 cm³/mol. The van der Waals surface area contributed by atoms with Crippen LogP contribution < -0.4 is 0 Å². The molecule has 0 radical (unpaired) electrons. The van der Waals surface area contributed by atoms with Crippen molar-refractivity contribution in [1.82, 2.24) is 4.90 Å². The lowest BCUT2D eigenvalue weighted by Crippen LogP contribution is -2.36. The first-order valence-corrected chi connectivity index (χ1v) is 9.47. The molecule has 1 saturated heterocycles. The Kier molecular flexibility index (Phi) is 5.08. The van der Waals surface area contributed by atoms with Gasteiger partial charge in [-0.1, -0.05) is 28.1 Å². The lowest BCUT2D eigenvalue weighted by Gasteiger charge is -2.24. The highest BCUT2D eigenvalue weighted by atomic mass is 79.9. The third-order valence-electron chi connectivity index (χ3n) is 3.60. The van der Waals surface area contributed by atoms with Gasteiger partial charge in [-0.3, -0.25) is 4.55 Å². The molecule has 8 heteroatoms. The molecule has 2 atom stereocenters. The molecule has 23 heavy (non-hydrogen) atoms. The van der Waals surface area contributed by atoms with Crippen LogP contribution in [-0.4, -0.2) is 47.9 Å². The summed E-state index contributed by atoms with van der Waals surface area (Å²) in [5.74, 6) is -0.495. The summed E-state index contributed by atoms with van der Waals surface area (Å²) in [6.07, 6.45) is -0.578. The van der Waals surface area contributed by atoms with E-state index in [-0.39, 0.29) is 13.1 Å². The van der Waals surface area contributed by atoms with Gasteiger partial charge in [0.1, 0.15) is 10.9 Å². The molecule has 2 rings (SSSR count). The molecule has 0 saturated carbocycles. The number of nitrogens with zero attached hydrogens (tertiary/aromatic N) is 1. The molecule has 1 aromatic rings. The second-order valence-corrected chi connectivity index (χ2v) is 9.15. The van der Waals surface area contributed by atoms with E-state index in [1.807, 2.05) is 0 Å². The number of amides is 1. The molecule has 1 N–H and O–H groups in total. The van der Waals surface area contributed by atoms with Gasteiger partial charge in [-0.15, -0.1) is 0 Å². The first-order valence-electron chi connectivity index (χ1n) is 7.17. The minimum atomic E-state index is -4.28. The summed E-state index contributed by atoms with van der Waals surface area (Å²) >= 11 is 3.32. The van der Waals surface area contributed by atoms with Crippen molar-refractivity contribution in [3.05, 3.63) is 34.3 Å². The Hall–Kier alpha value is -1.12. The fourth-order valence-corrected chi connectivity index (χ4v) is 3.87. The van der Waals surface area contributed by atoms with Crippen molar-refractivity contribution in [1.29, 1.82) is 0 Å². The summed E-state index contributed by atoms with van der Waals surface area (Å²) in [5.41, 5.74) is 0.0854. The number of hydrogen-bond donors (Lipinski definition) is 1. The first-order chi connectivity index (χ1) is 10.5. The van der Waals surface area contributed by atoms with Gasteiger partial charge in [0, 0.05) is 23.5 Å². The smallest absolute Gasteiger partial charge is 0.410 e. The summed E-state index contributed by atoms with van der Waals surface area (Å²) in [4.78, 5) is 13.5. The van der Waals surface area contributed by atoms with Crippen LogP contribution in [0.1, 0.15) is 32.3 Å². The van der Waals surface area contributed by atoms with Gasteiger partial charge in [-0.2, -0.15) is 8.42 Å². The number of rotatable bonds is 2. The van der Waals surface area contributed by atoms with Crippen molar-refractivity contribution < 1.29 is 22.5 Å². The molecule has 2 unspecified atom stereocenters. The SMILES string of the molecule is CC(C)(C)OC(=O)N1CC(c2ccc(Br)cc2)C(S(=O)(=O)O)C1. The van der Waals surface area contributed by atoms with Gasteiger partial charge in [-0.05, 0) is 38.5 Å². The molecule has 1 heterocycles. The molecule has 0 aliphatic carbocycles. The van der Waals surface area contributed by atoms with Gasteiger partial charge in [0.05, 0.1) is 0 Å². The van der Waals surface area contributed by atoms with Crippen LogP contribution in [0.15, 0.2) is 28.7 Å². The maximum absolute atomic E-state index is 12.2. The Labute approximate surface area is 144 Å². The van der Waals surface area contributed by atoms with Crippen molar-refractivity contribution in [3.8, 4) is 0 Å². The monoisotopic (exact) mass is 405 g/mol. The van der Waals surface area contributed by atoms with E-state index in [1.54, 1.807) is 45.0 Å². The third-order valence-corrected chi connectivity index (χ3v) is 5.37. The normalized spacial score (nSPS) is 22.2. The maximum atomic E-state index is 12.2. The topological polar surface area (TPSA) is 83.9 Å². The molecule has 1 fully saturated rings. The van der Waals surface area contributed by atoms with Crippen LogP contribution in [0.25, 0.3) is 0 Å². The lowest BCUT2D eigenvalue weighted by atomic mass is 9.98. The number of carbonyl (C=O) groups is 1. The van der Waals surface area contributed by atoms with E-state index in [0.717, 1.165) is 10.0 Å². The minimum absolute atomic E-state index is 0.0888. The zero-order chi connectivity index (χ0) is 17.4. The van der Waals surface area contributed by atoms with Gasteiger partial charge in [0.25, 0.3) is 10.1 Å². The molecule has 0 aromatic heterocycles. The molecule has 1 amide bonds. The van der Waals surface area contributed by atoms with Gasteiger partial charge in [0.2, 0.25) is 0 Å². The van der Waals surface area contributed by atoms with Crippen LogP contribution in [0, 0.1) is 0 Å². The van der Waals surface area contributed by atoms with Gasteiger partial charge >= 0.3 is 6.09 Å². The van der Waals surface area contributed by atoms with Crippen molar-refractivity contribution in [3.63, 3.8) is 0 Å². The van der Waals surface area contributed by atoms with Gasteiger partial charge in [0.15, 0.2) is 0 Å². The number of likely N-dealkylation sites (tertiary alicyclic amines) is 1. The molecular formula is C15H20BrNO5S. The van der Waals surface area contributed by atoms with E-state index in [4.69, 9.17) is 4.74 Å². The standard InChI is InChI=1S/C15H20BrNO5S/c1-15(2,3)22-14(18)17-8-12(13(9-17)23(19,20)21)10-4-6-11(16)7-5-10/h4-7,12-13H,8-9H2,1-3H3,(H,19,20,21). The largest absolute Gasteiger partial charge is 0.444 e. The van der Waals surface area contributed by atoms with Crippen LogP contribution in [0.4, 0.5) is 4.79 Å². The second-order valence-electron chi connectivity index (χ2n) is 6.60. The van der Waals surface area contributed by atoms with E-state index in [9.17, 15) is 17.8 Å². The lowest BCUT2D eigenvalue weighted by molar-refractivity contribution is 0.0293. The predicted octanol–water partition coefficient (Wildman–Crippen LogP) is 3.04. The van der Waals surface area contributed by atoms with Crippen molar-refractivity contribution in [2.75, 3.05) is 13.1 Å². The molecule has 0 bridgehead atoms. The van der Waals surface area contributed by atoms with Crippen LogP contribution in [0.5, 0.6) is 0 Å². The van der Waals surface area contributed by atoms with Crippen LogP contribution >= 0.6 is 15.9 Å². The van der Waals surface area contributed by atoms with Gasteiger partial charge in [-0.25, -0.2) is 4.79 Å². The summed E-state index contributed by atoms with van der Waals surface area (Å²) in [5, 5.41) is -1.06. The Morgan fingerprint density at radius 1 is 1.26 bits per heavy atom. The van der Waals surface area contributed by atoms with E-state index >= 15 is 0 Å². The quantitative estimate of drug-likeness (QED) is 0.764. The summed E-state index contributed by atoms with van der Waals surface area (Å²) in [6, 6.07) is 7.16. The highest BCUT2D eigenvalue weighted by molar-refractivity contribution is 9.10. The molecule has 1 aromatic carbocycles. The fraction of sp³-hybridized carbons (Fsp3) is 0.533. The summed E-state index contributed by atoms with van der Waals surface area (Å²) in [7, 11) is -4.28. The van der Waals surface area contributed by atoms with Crippen LogP contribution in [0.3, 0.4) is 0 Å². The number of carbonyl (C=O) groups excluding carboxylic acids is 1. The molecule has 0 spiro atoms. The van der Waals surface area contributed by atoms with Crippen LogP contribution in [0.2, 0.25) is 0 Å². The molecule has 128 valence electrons. The zero-order valence-corrected chi connectivity index (χ0v) is 15.6. The van der Waals surface area contributed by atoms with Crippen molar-refractivity contribution in [2.24, 2.45) is 0 Å². The molecule has 6 nitrogen and oxygen atoms in total. The molecule has 1 aliphatic rings. The van der Waals surface area contributed by atoms with Crippen molar-refractivity contribution in [2.45, 2.75) is 37.5 Å². The van der Waals surface area contributed by atoms with E-state index in [1.165, 1.54) is 4.90 Å². The zero-order valence-electron chi connectivity index (χ0n) is 13.2. The Balaban J connectivity index is 2.26. The number of halogens is 1. The minimum Gasteiger partial charge on any atom is -0.444 e. The van der Waals surface area contributed by atoms with Gasteiger partial charge < -0.3 is 9.64 Å². The average Bonchev–Trinajstić information content (AvgIpc) is 2.82. The van der Waals surface area contributed by atoms with E-state index in [2.05, 4.69) is 15.9 Å². The van der Waals surface area contributed by atoms with E-state index < -0.39 is 33.0 Å². The average molecular weight is 406 g/mol. The summed E-state index contributed by atoms with van der Waals surface area (Å²) < 4.78 is 39.1. The van der Waals surface area contributed by atoms with E-state index in [0.29, 0.717) is 0 Å². The number of benzene rings is 1. The Morgan fingerprint density at radius 2 is 1.83 bits per heavy atom. The van der Waals surface area contributed by atoms with Crippen molar-refractivity contribution >= 4 is 32.1 Å². The maximum Gasteiger partial charge on any atom is 0.410 e. The number of ether oxygens (including phenoxy) is 1. The second kappa shape index (κ2) is 6.41. The molecule has 1 aliphatic heterocycles. The highest BCUT2D eigenvalue weighted by Gasteiger charge is 2.44. The first kappa shape index (κ1) is 18.2. The fourth-order valence-electron chi connectivity index (χ4n) is 2.58. The number of hydrogen-bond acceptors (Lipinski definition) is 4. The van der Waals surface area contributed by atoms with Crippen LogP contribution in [-0.2, 0) is 14.9 Å². The Bertz CT molecular complexity index is 681. The molecular weight excluding hydrogens is 386 g/mol. The summed E-state index contributed by atoms with van der Waals surface area (Å²) in [6.45, 7) is 5.32. The Morgan fingerprint density at radius 3 is 2.30 bits per heavy atom. The third kappa shape index (κ3) is 4.68. The highest BCUT2D eigenvalue weighted by Crippen LogP contribution is 2.33.